The van der Waals surface area contributed by atoms with Crippen LogP contribution >= 0.6 is 7.82 Å². The van der Waals surface area contributed by atoms with Gasteiger partial charge in [-0.2, -0.15) is 0 Å². The molecule has 0 saturated carbocycles. The normalized spacial score (nSPS) is 13.9. The van der Waals surface area contributed by atoms with E-state index in [1.807, 2.05) is 0 Å². The number of unbranched alkanes of at least 4 members (excludes halogenated alkanes) is 26. The summed E-state index contributed by atoms with van der Waals surface area (Å²) in [7, 11) is -4.72. The summed E-state index contributed by atoms with van der Waals surface area (Å²) in [6, 6.07) is -1.52. The molecule has 0 aliphatic carbocycles. The van der Waals surface area contributed by atoms with Crippen molar-refractivity contribution in [3.05, 3.63) is 24.3 Å². The Morgan fingerprint density at radius 1 is 0.544 bits per heavy atom. The van der Waals surface area contributed by atoms with Crippen LogP contribution in [0.25, 0.3) is 0 Å². The third kappa shape index (κ3) is 40.5. The van der Waals surface area contributed by atoms with Crippen LogP contribution in [-0.2, 0) is 37.5 Å². The van der Waals surface area contributed by atoms with Crippen molar-refractivity contribution in [2.75, 3.05) is 19.8 Å². The van der Waals surface area contributed by atoms with Gasteiger partial charge in [0.05, 0.1) is 13.2 Å². The molecule has 1 unspecified atom stereocenters. The molecule has 0 spiro atoms. The smallest absolute Gasteiger partial charge is 0.472 e. The highest BCUT2D eigenvalue weighted by molar-refractivity contribution is 7.47. The summed E-state index contributed by atoms with van der Waals surface area (Å²) in [6.07, 6.45) is 42.4. The van der Waals surface area contributed by atoms with Crippen LogP contribution in [-0.4, -0.2) is 59.9 Å². The Bertz CT molecular complexity index is 1070. The molecule has 0 heterocycles. The first-order valence-electron chi connectivity index (χ1n) is 22.9. The summed E-state index contributed by atoms with van der Waals surface area (Å²) in [6.45, 7) is 2.79. The van der Waals surface area contributed by atoms with E-state index < -0.39 is 51.1 Å². The van der Waals surface area contributed by atoms with Crippen molar-refractivity contribution in [2.24, 2.45) is 5.73 Å². The van der Waals surface area contributed by atoms with Crippen LogP contribution in [0.15, 0.2) is 24.3 Å². The SMILES string of the molecule is CCCCCC/C=C/C=C/CCCCCCCC(=O)OC[C@H](COP(=O)(O)OC[C@H](N)C(=O)O)OC(=O)CCCCCCCCCCCCCCCCCCCC. The molecule has 57 heavy (non-hydrogen) atoms. The number of carbonyl (C=O) groups is 3. The molecule has 0 bridgehead atoms. The number of carboxylic acids is 1. The predicted octanol–water partition coefficient (Wildman–Crippen LogP) is 12.2. The molecule has 3 atom stereocenters. The maximum absolute atomic E-state index is 12.6. The number of ether oxygens (including phenoxy) is 2. The van der Waals surface area contributed by atoms with Crippen molar-refractivity contribution in [2.45, 2.75) is 225 Å². The van der Waals surface area contributed by atoms with Crippen LogP contribution in [0.5, 0.6) is 0 Å². The first kappa shape index (κ1) is 55.0. The molecule has 0 aromatic rings. The Morgan fingerprint density at radius 2 is 0.912 bits per heavy atom. The minimum Gasteiger partial charge on any atom is -0.480 e. The van der Waals surface area contributed by atoms with E-state index >= 15 is 0 Å². The number of carboxylic acid groups (broad SMARTS) is 1. The van der Waals surface area contributed by atoms with Crippen molar-refractivity contribution < 1.29 is 47.5 Å². The topological polar surface area (TPSA) is 172 Å². The van der Waals surface area contributed by atoms with Gasteiger partial charge in [-0.05, 0) is 38.5 Å². The van der Waals surface area contributed by atoms with E-state index in [4.69, 9.17) is 24.8 Å². The second kappa shape index (κ2) is 40.7. The quantitative estimate of drug-likeness (QED) is 0.0231. The van der Waals surface area contributed by atoms with E-state index in [1.165, 1.54) is 116 Å². The van der Waals surface area contributed by atoms with Crippen molar-refractivity contribution >= 4 is 25.7 Å². The molecule has 0 aromatic heterocycles. The first-order valence-corrected chi connectivity index (χ1v) is 24.4. The van der Waals surface area contributed by atoms with Gasteiger partial charge in [-0.25, -0.2) is 4.57 Å². The van der Waals surface area contributed by atoms with Gasteiger partial charge < -0.3 is 25.2 Å². The number of nitrogens with two attached hydrogens (primary N) is 1. The Balaban J connectivity index is 4.32. The zero-order valence-corrected chi connectivity index (χ0v) is 37.1. The Kier molecular flexibility index (Phi) is 39.3. The second-order valence-electron chi connectivity index (χ2n) is 15.6. The Hall–Kier alpha value is -2.04. The molecule has 0 aliphatic heterocycles. The van der Waals surface area contributed by atoms with Gasteiger partial charge in [-0.15, -0.1) is 0 Å². The lowest BCUT2D eigenvalue weighted by molar-refractivity contribution is -0.161. The summed E-state index contributed by atoms with van der Waals surface area (Å²) in [4.78, 5) is 46.0. The molecular weight excluding hydrogens is 745 g/mol. The molecule has 0 saturated heterocycles. The highest BCUT2D eigenvalue weighted by Crippen LogP contribution is 2.43. The zero-order valence-electron chi connectivity index (χ0n) is 36.2. The minimum atomic E-state index is -4.72. The maximum atomic E-state index is 12.6. The van der Waals surface area contributed by atoms with Crippen LogP contribution in [0.4, 0.5) is 0 Å². The number of allylic oxidation sites excluding steroid dienone is 4. The lowest BCUT2D eigenvalue weighted by atomic mass is 10.0. The highest BCUT2D eigenvalue weighted by atomic mass is 31.2. The number of hydrogen-bond donors (Lipinski definition) is 3. The van der Waals surface area contributed by atoms with E-state index in [0.717, 1.165) is 57.8 Å². The van der Waals surface area contributed by atoms with Crippen molar-refractivity contribution in [1.82, 2.24) is 0 Å². The van der Waals surface area contributed by atoms with Gasteiger partial charge in [0.25, 0.3) is 0 Å². The van der Waals surface area contributed by atoms with Crippen molar-refractivity contribution in [3.63, 3.8) is 0 Å². The van der Waals surface area contributed by atoms with Crippen molar-refractivity contribution in [3.8, 4) is 0 Å². The molecule has 0 aliphatic rings. The van der Waals surface area contributed by atoms with E-state index in [1.54, 1.807) is 0 Å². The van der Waals surface area contributed by atoms with E-state index in [2.05, 4.69) is 42.7 Å². The van der Waals surface area contributed by atoms with Gasteiger partial charge in [0.2, 0.25) is 0 Å². The van der Waals surface area contributed by atoms with Crippen LogP contribution in [0.1, 0.15) is 213 Å². The fourth-order valence-electron chi connectivity index (χ4n) is 6.35. The fraction of sp³-hybridized carbons (Fsp3) is 0.844. The van der Waals surface area contributed by atoms with Gasteiger partial charge in [0, 0.05) is 12.8 Å². The Labute approximate surface area is 347 Å². The van der Waals surface area contributed by atoms with Gasteiger partial charge in [-0.3, -0.25) is 23.4 Å². The molecule has 11 nitrogen and oxygen atoms in total. The number of hydrogen-bond acceptors (Lipinski definition) is 9. The summed E-state index contributed by atoms with van der Waals surface area (Å²) >= 11 is 0. The maximum Gasteiger partial charge on any atom is 0.472 e. The summed E-state index contributed by atoms with van der Waals surface area (Å²) < 4.78 is 32.7. The standard InChI is InChI=1S/C45H84NO10P/c1-3-5-7-9-11-13-15-17-19-20-21-23-25-27-29-31-33-35-37-44(48)56-41(39-54-57(51,52)55-40-42(46)45(49)50)38-53-43(47)36-34-32-30-28-26-24-22-18-16-14-12-10-8-6-4-2/h14,16,18,22,41-42H,3-13,15,17,19-21,23-40,46H2,1-2H3,(H,49,50)(H,51,52)/b16-14+,22-18+/t41-,42+/m1/s1. The zero-order chi connectivity index (χ0) is 42.1. The number of esters is 2. The van der Waals surface area contributed by atoms with E-state index in [0.29, 0.717) is 12.8 Å². The van der Waals surface area contributed by atoms with E-state index in [-0.39, 0.29) is 19.4 Å². The second-order valence-corrected chi connectivity index (χ2v) is 17.0. The highest BCUT2D eigenvalue weighted by Gasteiger charge is 2.28. The molecule has 334 valence electrons. The third-order valence-electron chi connectivity index (χ3n) is 9.98. The van der Waals surface area contributed by atoms with Gasteiger partial charge in [-0.1, -0.05) is 186 Å². The summed E-state index contributed by atoms with van der Waals surface area (Å²) in [5.41, 5.74) is 5.34. The van der Waals surface area contributed by atoms with Crippen LogP contribution in [0, 0.1) is 0 Å². The number of phosphoric ester groups is 1. The monoisotopic (exact) mass is 830 g/mol. The van der Waals surface area contributed by atoms with Crippen LogP contribution < -0.4 is 5.73 Å². The molecule has 0 aromatic carbocycles. The van der Waals surface area contributed by atoms with Gasteiger partial charge in [0.1, 0.15) is 12.6 Å². The molecule has 4 N–H and O–H groups in total. The molecule has 0 amide bonds. The minimum absolute atomic E-state index is 0.162. The van der Waals surface area contributed by atoms with Crippen LogP contribution in [0.2, 0.25) is 0 Å². The van der Waals surface area contributed by atoms with E-state index in [9.17, 15) is 23.8 Å². The number of phosphoric acid groups is 1. The Morgan fingerprint density at radius 3 is 1.35 bits per heavy atom. The fourth-order valence-corrected chi connectivity index (χ4v) is 7.13. The molecule has 12 heteroatoms. The number of aliphatic carboxylic acids is 1. The number of rotatable bonds is 43. The molecular formula is C45H84NO10P. The van der Waals surface area contributed by atoms with Crippen LogP contribution in [0.3, 0.4) is 0 Å². The van der Waals surface area contributed by atoms with Gasteiger partial charge >= 0.3 is 25.7 Å². The lowest BCUT2D eigenvalue weighted by Gasteiger charge is -2.20. The van der Waals surface area contributed by atoms with Gasteiger partial charge in [0.15, 0.2) is 6.10 Å². The third-order valence-corrected chi connectivity index (χ3v) is 10.9. The number of carbonyl (C=O) groups excluding carboxylic acids is 2. The molecule has 0 fully saturated rings. The largest absolute Gasteiger partial charge is 0.480 e. The summed E-state index contributed by atoms with van der Waals surface area (Å²) in [5.74, 6) is -2.39. The summed E-state index contributed by atoms with van der Waals surface area (Å²) in [5, 5.41) is 8.89. The van der Waals surface area contributed by atoms with Crippen molar-refractivity contribution in [1.29, 1.82) is 0 Å². The molecule has 0 radical (unpaired) electrons. The average molecular weight is 830 g/mol. The lowest BCUT2D eigenvalue weighted by Crippen LogP contribution is -2.34. The predicted molar refractivity (Wildman–Crippen MR) is 231 cm³/mol. The molecule has 0 rings (SSSR count). The first-order chi connectivity index (χ1) is 27.6. The average Bonchev–Trinajstić information content (AvgIpc) is 3.19.